The summed E-state index contributed by atoms with van der Waals surface area (Å²) in [5.74, 6) is -2.29. The maximum Gasteiger partial charge on any atom is 0.289 e. The zero-order valence-corrected chi connectivity index (χ0v) is 32.2. The van der Waals surface area contributed by atoms with Gasteiger partial charge >= 0.3 is 0 Å². The van der Waals surface area contributed by atoms with Crippen LogP contribution in [0.2, 0.25) is 5.02 Å². The Morgan fingerprint density at radius 3 is 2.30 bits per heavy atom. The van der Waals surface area contributed by atoms with E-state index in [1.165, 1.54) is 4.90 Å². The van der Waals surface area contributed by atoms with E-state index in [4.69, 9.17) is 26.8 Å². The van der Waals surface area contributed by atoms with Gasteiger partial charge in [0.1, 0.15) is 17.8 Å². The van der Waals surface area contributed by atoms with Crippen LogP contribution in [0, 0.1) is 0 Å². The Hall–Kier alpha value is -4.34. The van der Waals surface area contributed by atoms with Gasteiger partial charge in [-0.3, -0.25) is 19.2 Å². The summed E-state index contributed by atoms with van der Waals surface area (Å²) in [5.41, 5.74) is 8.29. The maximum atomic E-state index is 14.2. The molecule has 0 unspecified atom stereocenters. The van der Waals surface area contributed by atoms with Gasteiger partial charge in [0.15, 0.2) is 0 Å². The molecule has 0 spiro atoms. The zero-order chi connectivity index (χ0) is 39.1. The predicted octanol–water partition coefficient (Wildman–Crippen LogP) is 2.93. The minimum atomic E-state index is -3.83. The summed E-state index contributed by atoms with van der Waals surface area (Å²) >= 11 is 6.03. The number of ether oxygens (including phenoxy) is 2. The number of aryl methyl sites for hydroxylation is 1. The third-order valence-corrected chi connectivity index (χ3v) is 10.1. The van der Waals surface area contributed by atoms with Crippen molar-refractivity contribution >= 4 is 45.1 Å². The fourth-order valence-electron chi connectivity index (χ4n) is 6.35. The summed E-state index contributed by atoms with van der Waals surface area (Å²) in [6.45, 7) is 0.679. The molecule has 0 aromatic heterocycles. The van der Waals surface area contributed by atoms with Gasteiger partial charge in [0.25, 0.3) is 5.91 Å². The number of amides is 3. The standard InChI is InChI=1S/C39H50ClN5O8S/c1-52-35-14-7-6-12-29(35)21-23-42-38(48)36(46)32(13-8-9-22-41)43-37(47)34-24-31(53-26-28-15-18-30(40)19-16-28)25-45(34)39(49)33(44-54(2,50)51)20-17-27-10-4-3-5-11-27/h3-7,10-12,14-16,18-19,31-34,44H,8-9,13,17,20-26,41H2,1-2H3,(H,42,48)(H,43,47)/t31-,32+,33-,34+/m1/s1. The lowest BCUT2D eigenvalue weighted by molar-refractivity contribution is -0.142. The van der Waals surface area contributed by atoms with Crippen molar-refractivity contribution in [1.29, 1.82) is 0 Å². The molecule has 1 fully saturated rings. The van der Waals surface area contributed by atoms with Gasteiger partial charge in [0.2, 0.25) is 27.6 Å². The Kier molecular flexibility index (Phi) is 16.4. The van der Waals surface area contributed by atoms with Crippen molar-refractivity contribution in [3.8, 4) is 5.75 Å². The first-order valence-electron chi connectivity index (χ1n) is 18.0. The Morgan fingerprint density at radius 1 is 0.907 bits per heavy atom. The molecule has 4 rings (SSSR count). The highest BCUT2D eigenvalue weighted by molar-refractivity contribution is 7.88. The molecule has 292 valence electrons. The van der Waals surface area contributed by atoms with Crippen LogP contribution in [0.5, 0.6) is 5.75 Å². The average molecular weight is 784 g/mol. The Balaban J connectivity index is 1.52. The molecule has 13 nitrogen and oxygen atoms in total. The van der Waals surface area contributed by atoms with Crippen molar-refractivity contribution in [2.75, 3.05) is 33.0 Å². The Labute approximate surface area is 322 Å². The lowest BCUT2D eigenvalue weighted by atomic mass is 10.0. The van der Waals surface area contributed by atoms with E-state index in [-0.39, 0.29) is 39.0 Å². The number of para-hydroxylation sites is 1. The number of hydrogen-bond acceptors (Lipinski definition) is 9. The molecule has 3 aromatic carbocycles. The van der Waals surface area contributed by atoms with E-state index in [0.29, 0.717) is 43.0 Å². The van der Waals surface area contributed by atoms with E-state index < -0.39 is 57.8 Å². The number of halogens is 1. The van der Waals surface area contributed by atoms with Crippen LogP contribution < -0.4 is 25.8 Å². The van der Waals surface area contributed by atoms with Crippen molar-refractivity contribution in [3.05, 3.63) is 101 Å². The molecule has 1 heterocycles. The van der Waals surface area contributed by atoms with Gasteiger partial charge in [0, 0.05) is 24.5 Å². The number of unbranched alkanes of at least 4 members (excludes halogenated alkanes) is 1. The number of Topliss-reactive ketones (excluding diaryl/α,β-unsaturated/α-hetero) is 1. The van der Waals surface area contributed by atoms with Gasteiger partial charge in [-0.25, -0.2) is 13.1 Å². The number of benzene rings is 3. The molecule has 0 saturated carbocycles. The smallest absolute Gasteiger partial charge is 0.289 e. The number of sulfonamides is 1. The molecule has 5 N–H and O–H groups in total. The van der Waals surface area contributed by atoms with Crippen LogP contribution in [0.3, 0.4) is 0 Å². The number of rotatable bonds is 21. The van der Waals surface area contributed by atoms with Crippen molar-refractivity contribution in [2.45, 2.75) is 75.8 Å². The Morgan fingerprint density at radius 2 is 1.61 bits per heavy atom. The van der Waals surface area contributed by atoms with Gasteiger partial charge in [-0.15, -0.1) is 0 Å². The molecule has 0 aliphatic carbocycles. The number of nitrogens with zero attached hydrogens (tertiary/aromatic N) is 1. The van der Waals surface area contributed by atoms with E-state index >= 15 is 0 Å². The van der Waals surface area contributed by atoms with E-state index in [2.05, 4.69) is 15.4 Å². The van der Waals surface area contributed by atoms with E-state index in [1.807, 2.05) is 48.5 Å². The summed E-state index contributed by atoms with van der Waals surface area (Å²) in [5, 5.41) is 5.96. The molecular weight excluding hydrogens is 734 g/mol. The zero-order valence-electron chi connectivity index (χ0n) is 30.7. The van der Waals surface area contributed by atoms with Crippen molar-refractivity contribution < 1.29 is 37.1 Å². The first kappa shape index (κ1) is 42.4. The average Bonchev–Trinajstić information content (AvgIpc) is 3.60. The fourth-order valence-corrected chi connectivity index (χ4v) is 7.21. The molecule has 0 radical (unpaired) electrons. The SMILES string of the molecule is COc1ccccc1CCNC(=O)C(=O)[C@H](CCCCN)NC(=O)[C@@H]1C[C@@H](OCc2ccc(Cl)cc2)CN1C(=O)[C@@H](CCc1ccccc1)NS(C)(=O)=O. The number of methoxy groups -OCH3 is 1. The fraction of sp³-hybridized carbons (Fsp3) is 0.436. The lowest BCUT2D eigenvalue weighted by Gasteiger charge is -2.29. The molecule has 15 heteroatoms. The molecule has 1 saturated heterocycles. The lowest BCUT2D eigenvalue weighted by Crippen LogP contribution is -2.56. The largest absolute Gasteiger partial charge is 0.496 e. The molecule has 54 heavy (non-hydrogen) atoms. The highest BCUT2D eigenvalue weighted by Gasteiger charge is 2.43. The predicted molar refractivity (Wildman–Crippen MR) is 206 cm³/mol. The Bertz CT molecular complexity index is 1810. The minimum absolute atomic E-state index is 0.00693. The third kappa shape index (κ3) is 13.2. The van der Waals surface area contributed by atoms with Crippen LogP contribution in [0.4, 0.5) is 0 Å². The van der Waals surface area contributed by atoms with Crippen LogP contribution in [-0.4, -0.2) is 94.1 Å². The highest BCUT2D eigenvalue weighted by Crippen LogP contribution is 2.25. The molecule has 3 amide bonds. The second-order valence-corrected chi connectivity index (χ2v) is 15.5. The summed E-state index contributed by atoms with van der Waals surface area (Å²) in [6.07, 6.45) is 2.55. The number of nitrogens with two attached hydrogens (primary N) is 1. The molecule has 4 atom stereocenters. The van der Waals surface area contributed by atoms with Crippen LogP contribution in [0.25, 0.3) is 0 Å². The van der Waals surface area contributed by atoms with E-state index in [0.717, 1.165) is 22.9 Å². The van der Waals surface area contributed by atoms with Gasteiger partial charge in [-0.05, 0) is 80.0 Å². The maximum absolute atomic E-state index is 14.2. The molecule has 3 aromatic rings. The third-order valence-electron chi connectivity index (χ3n) is 9.14. The van der Waals surface area contributed by atoms with Crippen LogP contribution >= 0.6 is 11.6 Å². The monoisotopic (exact) mass is 783 g/mol. The second-order valence-electron chi connectivity index (χ2n) is 13.3. The topological polar surface area (TPSA) is 186 Å². The first-order chi connectivity index (χ1) is 25.9. The minimum Gasteiger partial charge on any atom is -0.496 e. The first-order valence-corrected chi connectivity index (χ1v) is 20.3. The van der Waals surface area contributed by atoms with Crippen molar-refractivity contribution in [2.24, 2.45) is 5.73 Å². The van der Waals surface area contributed by atoms with Gasteiger partial charge in [-0.1, -0.05) is 72.3 Å². The van der Waals surface area contributed by atoms with Crippen molar-refractivity contribution in [3.63, 3.8) is 0 Å². The van der Waals surface area contributed by atoms with E-state index in [9.17, 15) is 27.6 Å². The summed E-state index contributed by atoms with van der Waals surface area (Å²) in [7, 11) is -2.28. The summed E-state index contributed by atoms with van der Waals surface area (Å²) < 4.78 is 38.9. The van der Waals surface area contributed by atoms with Gasteiger partial charge in [0.05, 0.1) is 32.1 Å². The number of carbonyl (C=O) groups is 4. The van der Waals surface area contributed by atoms with Gasteiger partial charge < -0.3 is 30.7 Å². The number of nitrogens with one attached hydrogen (secondary N) is 3. The molecule has 1 aliphatic heterocycles. The van der Waals surface area contributed by atoms with Gasteiger partial charge in [-0.2, -0.15) is 0 Å². The quantitative estimate of drug-likeness (QED) is 0.0932. The van der Waals surface area contributed by atoms with E-state index in [1.54, 1.807) is 37.4 Å². The normalized spacial score (nSPS) is 16.7. The number of hydrogen-bond donors (Lipinski definition) is 4. The highest BCUT2D eigenvalue weighted by atomic mass is 35.5. The second kappa shape index (κ2) is 20.9. The van der Waals surface area contributed by atoms with Crippen LogP contribution in [0.1, 0.15) is 48.8 Å². The number of carbonyl (C=O) groups excluding carboxylic acids is 4. The molecule has 1 aliphatic rings. The van der Waals surface area contributed by atoms with Crippen molar-refractivity contribution in [1.82, 2.24) is 20.3 Å². The summed E-state index contributed by atoms with van der Waals surface area (Å²) in [4.78, 5) is 56.3. The summed E-state index contributed by atoms with van der Waals surface area (Å²) in [6, 6.07) is 20.2. The molecular formula is C39H50ClN5O8S. The number of likely N-dealkylation sites (tertiary alicyclic amines) is 1. The number of ketones is 1. The van der Waals surface area contributed by atoms with Crippen LogP contribution in [-0.2, 0) is 53.4 Å². The molecule has 0 bridgehead atoms. The van der Waals surface area contributed by atoms with Crippen LogP contribution in [0.15, 0.2) is 78.9 Å².